The lowest BCUT2D eigenvalue weighted by Crippen LogP contribution is -2.41. The fourth-order valence-corrected chi connectivity index (χ4v) is 3.23. The van der Waals surface area contributed by atoms with Crippen molar-refractivity contribution in [2.24, 2.45) is 0 Å². The Balaban J connectivity index is 1.70. The van der Waals surface area contributed by atoms with E-state index in [1.807, 2.05) is 85.8 Å². The van der Waals surface area contributed by atoms with Gasteiger partial charge in [-0.3, -0.25) is 9.69 Å². The Morgan fingerprint density at radius 1 is 0.879 bits per heavy atom. The quantitative estimate of drug-likeness (QED) is 0.394. The second-order valence-electron chi connectivity index (χ2n) is 7.81. The van der Waals surface area contributed by atoms with Gasteiger partial charge in [0.25, 0.3) is 0 Å². The number of hydrogen-bond acceptors (Lipinski definition) is 3. The average Bonchev–Trinajstić information content (AvgIpc) is 2.83. The van der Waals surface area contributed by atoms with Crippen molar-refractivity contribution in [2.45, 2.75) is 33.1 Å². The molecule has 0 unspecified atom stereocenters. The summed E-state index contributed by atoms with van der Waals surface area (Å²) in [6.45, 7) is 4.76. The normalized spacial score (nSPS) is 10.4. The van der Waals surface area contributed by atoms with Crippen LogP contribution in [0.5, 0.6) is 11.5 Å². The molecule has 2 N–H and O–H groups in total. The number of urea groups is 1. The van der Waals surface area contributed by atoms with E-state index in [9.17, 15) is 9.59 Å². The fourth-order valence-electron chi connectivity index (χ4n) is 3.23. The smallest absolute Gasteiger partial charge is 0.326 e. The zero-order valence-corrected chi connectivity index (χ0v) is 19.2. The molecule has 0 spiro atoms. The first-order chi connectivity index (χ1) is 16.0. The summed E-state index contributed by atoms with van der Waals surface area (Å²) in [5, 5.41) is 5.84. The van der Waals surface area contributed by atoms with Gasteiger partial charge in [0.15, 0.2) is 0 Å². The summed E-state index contributed by atoms with van der Waals surface area (Å²) >= 11 is 0. The lowest BCUT2D eigenvalue weighted by atomic mass is 10.2. The van der Waals surface area contributed by atoms with E-state index in [0.717, 1.165) is 24.2 Å². The van der Waals surface area contributed by atoms with Crippen LogP contribution in [0.15, 0.2) is 78.9 Å². The third kappa shape index (κ3) is 7.68. The molecule has 3 aromatic carbocycles. The van der Waals surface area contributed by atoms with Crippen molar-refractivity contribution in [1.29, 1.82) is 0 Å². The number of unbranched alkanes of at least 4 members (excludes halogenated alkanes) is 1. The molecular formula is C27H31N3O3. The number of nitrogens with zero attached hydrogens (tertiary/aromatic N) is 1. The van der Waals surface area contributed by atoms with Crippen molar-refractivity contribution in [1.82, 2.24) is 5.32 Å². The largest absolute Gasteiger partial charge is 0.457 e. The van der Waals surface area contributed by atoms with Gasteiger partial charge in [0.1, 0.15) is 11.5 Å². The number of hydrogen-bond donors (Lipinski definition) is 2. The molecular weight excluding hydrogens is 414 g/mol. The van der Waals surface area contributed by atoms with E-state index in [-0.39, 0.29) is 11.9 Å². The highest BCUT2D eigenvalue weighted by Crippen LogP contribution is 2.25. The molecule has 0 heterocycles. The summed E-state index contributed by atoms with van der Waals surface area (Å²) in [6, 6.07) is 24.2. The number of benzene rings is 3. The molecule has 3 rings (SSSR count). The van der Waals surface area contributed by atoms with Gasteiger partial charge in [-0.1, -0.05) is 49.2 Å². The SMILES string of the molecule is CCCCC(=O)NCCN(C(=O)Nc1ccc(C)cc1)c1ccc(Oc2ccccc2)cc1. The van der Waals surface area contributed by atoms with Crippen LogP contribution < -0.4 is 20.3 Å². The molecule has 0 radical (unpaired) electrons. The van der Waals surface area contributed by atoms with Crippen molar-refractivity contribution >= 4 is 23.3 Å². The Hall–Kier alpha value is -3.80. The molecule has 0 aliphatic rings. The van der Waals surface area contributed by atoms with Crippen molar-refractivity contribution in [3.63, 3.8) is 0 Å². The Bertz CT molecular complexity index is 1020. The summed E-state index contributed by atoms with van der Waals surface area (Å²) in [6.07, 6.45) is 2.32. The number of para-hydroxylation sites is 1. The predicted octanol–water partition coefficient (Wildman–Crippen LogP) is 6.13. The molecule has 0 aliphatic heterocycles. The molecule has 3 aromatic rings. The van der Waals surface area contributed by atoms with Gasteiger partial charge in [0, 0.05) is 30.9 Å². The number of nitrogens with one attached hydrogen (secondary N) is 2. The number of carbonyl (C=O) groups is 2. The summed E-state index contributed by atoms with van der Waals surface area (Å²) in [7, 11) is 0. The fraction of sp³-hybridized carbons (Fsp3) is 0.259. The number of anilines is 2. The summed E-state index contributed by atoms with van der Waals surface area (Å²) < 4.78 is 5.85. The maximum absolute atomic E-state index is 13.1. The number of aryl methyl sites for hydroxylation is 1. The van der Waals surface area contributed by atoms with Crippen molar-refractivity contribution < 1.29 is 14.3 Å². The minimum absolute atomic E-state index is 0.00218. The zero-order chi connectivity index (χ0) is 23.5. The Labute approximate surface area is 195 Å². The highest BCUT2D eigenvalue weighted by Gasteiger charge is 2.16. The molecule has 33 heavy (non-hydrogen) atoms. The lowest BCUT2D eigenvalue weighted by molar-refractivity contribution is -0.121. The lowest BCUT2D eigenvalue weighted by Gasteiger charge is -2.24. The topological polar surface area (TPSA) is 70.7 Å². The van der Waals surface area contributed by atoms with Gasteiger partial charge >= 0.3 is 6.03 Å². The second-order valence-corrected chi connectivity index (χ2v) is 7.81. The van der Waals surface area contributed by atoms with Crippen LogP contribution in [-0.4, -0.2) is 25.0 Å². The van der Waals surface area contributed by atoms with Crippen LogP contribution in [0, 0.1) is 6.92 Å². The van der Waals surface area contributed by atoms with Crippen LogP contribution in [-0.2, 0) is 4.79 Å². The minimum atomic E-state index is -0.265. The Kier molecular flexibility index (Phi) is 8.88. The van der Waals surface area contributed by atoms with Crippen LogP contribution in [0.4, 0.5) is 16.2 Å². The minimum Gasteiger partial charge on any atom is -0.457 e. The predicted molar refractivity (Wildman–Crippen MR) is 133 cm³/mol. The number of amides is 3. The van der Waals surface area contributed by atoms with Gasteiger partial charge in [-0.2, -0.15) is 0 Å². The number of carbonyl (C=O) groups excluding carboxylic acids is 2. The van der Waals surface area contributed by atoms with Crippen LogP contribution in [0.1, 0.15) is 31.7 Å². The van der Waals surface area contributed by atoms with Gasteiger partial charge in [0.05, 0.1) is 0 Å². The maximum Gasteiger partial charge on any atom is 0.326 e. The van der Waals surface area contributed by atoms with Gasteiger partial charge < -0.3 is 15.4 Å². The molecule has 0 saturated heterocycles. The highest BCUT2D eigenvalue weighted by atomic mass is 16.5. The van der Waals surface area contributed by atoms with E-state index >= 15 is 0 Å². The van der Waals surface area contributed by atoms with Crippen LogP contribution >= 0.6 is 0 Å². The van der Waals surface area contributed by atoms with Crippen LogP contribution in [0.2, 0.25) is 0 Å². The first-order valence-corrected chi connectivity index (χ1v) is 11.3. The molecule has 0 bridgehead atoms. The van der Waals surface area contributed by atoms with Gasteiger partial charge in [0.2, 0.25) is 5.91 Å². The van der Waals surface area contributed by atoms with Crippen molar-refractivity contribution in [3.8, 4) is 11.5 Å². The second kappa shape index (κ2) is 12.3. The van der Waals surface area contributed by atoms with E-state index < -0.39 is 0 Å². The molecule has 6 nitrogen and oxygen atoms in total. The van der Waals surface area contributed by atoms with E-state index in [4.69, 9.17) is 4.74 Å². The molecule has 0 saturated carbocycles. The standard InChI is InChI=1S/C27H31N3O3/c1-3-4-10-26(31)28-19-20-30(27(32)29-22-13-11-21(2)12-14-22)23-15-17-25(18-16-23)33-24-8-6-5-7-9-24/h5-9,11-18H,3-4,10,19-20H2,1-2H3,(H,28,31)(H,29,32). The van der Waals surface area contributed by atoms with Gasteiger partial charge in [-0.25, -0.2) is 4.79 Å². The van der Waals surface area contributed by atoms with Gasteiger partial charge in [-0.15, -0.1) is 0 Å². The Morgan fingerprint density at radius 2 is 1.55 bits per heavy atom. The van der Waals surface area contributed by atoms with Crippen molar-refractivity contribution in [2.75, 3.05) is 23.3 Å². The van der Waals surface area contributed by atoms with Crippen LogP contribution in [0.25, 0.3) is 0 Å². The molecule has 3 amide bonds. The van der Waals surface area contributed by atoms with Crippen LogP contribution in [0.3, 0.4) is 0 Å². The third-order valence-electron chi connectivity index (χ3n) is 5.09. The zero-order valence-electron chi connectivity index (χ0n) is 19.2. The monoisotopic (exact) mass is 445 g/mol. The first-order valence-electron chi connectivity index (χ1n) is 11.3. The van der Waals surface area contributed by atoms with E-state index in [1.165, 1.54) is 0 Å². The molecule has 0 aromatic heterocycles. The van der Waals surface area contributed by atoms with E-state index in [1.54, 1.807) is 4.90 Å². The maximum atomic E-state index is 13.1. The summed E-state index contributed by atoms with van der Waals surface area (Å²) in [5.41, 5.74) is 2.54. The molecule has 172 valence electrons. The Morgan fingerprint density at radius 3 is 2.21 bits per heavy atom. The number of rotatable bonds is 10. The summed E-state index contributed by atoms with van der Waals surface area (Å²) in [5.74, 6) is 1.42. The third-order valence-corrected chi connectivity index (χ3v) is 5.09. The van der Waals surface area contributed by atoms with Gasteiger partial charge in [-0.05, 0) is 61.9 Å². The summed E-state index contributed by atoms with van der Waals surface area (Å²) in [4.78, 5) is 26.7. The molecule has 0 aliphatic carbocycles. The molecule has 6 heteroatoms. The van der Waals surface area contributed by atoms with E-state index in [0.29, 0.717) is 36.6 Å². The average molecular weight is 446 g/mol. The number of ether oxygens (including phenoxy) is 1. The molecule has 0 fully saturated rings. The van der Waals surface area contributed by atoms with E-state index in [2.05, 4.69) is 17.6 Å². The van der Waals surface area contributed by atoms with Crippen molar-refractivity contribution in [3.05, 3.63) is 84.4 Å². The first kappa shape index (κ1) is 23.9. The highest BCUT2D eigenvalue weighted by molar-refractivity contribution is 6.01. The molecule has 0 atom stereocenters.